The maximum absolute atomic E-state index is 12.9. The van der Waals surface area contributed by atoms with Crippen molar-refractivity contribution in [2.75, 3.05) is 17.8 Å². The summed E-state index contributed by atoms with van der Waals surface area (Å²) in [5, 5.41) is 3.89. The first-order chi connectivity index (χ1) is 12.2. The highest BCUT2D eigenvalue weighted by Crippen LogP contribution is 2.30. The van der Waals surface area contributed by atoms with Crippen molar-refractivity contribution in [3.63, 3.8) is 0 Å². The number of aromatic nitrogens is 2. The van der Waals surface area contributed by atoms with Gasteiger partial charge in [-0.15, -0.1) is 0 Å². The molecule has 0 saturated carbocycles. The van der Waals surface area contributed by atoms with Gasteiger partial charge in [-0.1, -0.05) is 18.0 Å². The molecule has 1 fully saturated rings. The maximum Gasteiger partial charge on any atom is 0.265 e. The maximum atomic E-state index is 12.9. The van der Waals surface area contributed by atoms with E-state index >= 15 is 0 Å². The standard InChI is InChI=1S/C15H19ClN4O4S2/c1-19-11-13(10-17-19)25(21,22)18-12-5-6-14(16)15(9-12)26(23,24)20-7-3-2-4-8-20/h5-6,9-11,18H,2-4,7-8H2,1H3. The Morgan fingerprint density at radius 1 is 1.12 bits per heavy atom. The van der Waals surface area contributed by atoms with E-state index in [9.17, 15) is 16.8 Å². The number of piperidine rings is 1. The molecule has 0 bridgehead atoms. The number of rotatable bonds is 5. The Kier molecular flexibility index (Phi) is 5.29. The number of benzene rings is 1. The van der Waals surface area contributed by atoms with Gasteiger partial charge in [-0.2, -0.15) is 9.40 Å². The molecule has 142 valence electrons. The molecule has 1 aliphatic rings. The lowest BCUT2D eigenvalue weighted by Gasteiger charge is -2.26. The zero-order valence-corrected chi connectivity index (χ0v) is 16.5. The number of anilines is 1. The lowest BCUT2D eigenvalue weighted by molar-refractivity contribution is 0.346. The Morgan fingerprint density at radius 2 is 1.81 bits per heavy atom. The van der Waals surface area contributed by atoms with E-state index in [-0.39, 0.29) is 20.5 Å². The first-order valence-electron chi connectivity index (χ1n) is 8.01. The van der Waals surface area contributed by atoms with Crippen LogP contribution in [-0.2, 0) is 27.1 Å². The molecule has 1 aromatic heterocycles. The summed E-state index contributed by atoms with van der Waals surface area (Å²) in [7, 11) is -6.06. The number of nitrogens with zero attached hydrogens (tertiary/aromatic N) is 3. The fraction of sp³-hybridized carbons (Fsp3) is 0.400. The molecule has 2 aromatic rings. The SMILES string of the molecule is Cn1cc(S(=O)(=O)Nc2ccc(Cl)c(S(=O)(=O)N3CCCCC3)c2)cn1. The first-order valence-corrected chi connectivity index (χ1v) is 11.3. The quantitative estimate of drug-likeness (QED) is 0.800. The third kappa shape index (κ3) is 3.88. The second-order valence-electron chi connectivity index (χ2n) is 6.07. The lowest BCUT2D eigenvalue weighted by Crippen LogP contribution is -2.35. The van der Waals surface area contributed by atoms with Crippen molar-refractivity contribution < 1.29 is 16.8 Å². The predicted octanol–water partition coefficient (Wildman–Crippen LogP) is 2.05. The van der Waals surface area contributed by atoms with E-state index in [2.05, 4.69) is 9.82 Å². The molecule has 1 saturated heterocycles. The molecule has 1 N–H and O–H groups in total. The van der Waals surface area contributed by atoms with Crippen LogP contribution in [0.3, 0.4) is 0 Å². The van der Waals surface area contributed by atoms with Crippen molar-refractivity contribution in [3.8, 4) is 0 Å². The van der Waals surface area contributed by atoms with Crippen LogP contribution in [0.1, 0.15) is 19.3 Å². The van der Waals surface area contributed by atoms with Gasteiger partial charge in [0.05, 0.1) is 16.9 Å². The summed E-state index contributed by atoms with van der Waals surface area (Å²) in [6.07, 6.45) is 5.15. The van der Waals surface area contributed by atoms with E-state index in [4.69, 9.17) is 11.6 Å². The van der Waals surface area contributed by atoms with Crippen molar-refractivity contribution in [2.45, 2.75) is 29.1 Å². The number of sulfonamides is 2. The highest BCUT2D eigenvalue weighted by Gasteiger charge is 2.28. The number of aryl methyl sites for hydroxylation is 1. The summed E-state index contributed by atoms with van der Waals surface area (Å²) in [5.41, 5.74) is 0.119. The molecule has 2 heterocycles. The van der Waals surface area contributed by atoms with Gasteiger partial charge in [0.25, 0.3) is 10.0 Å². The number of nitrogens with one attached hydrogen (secondary N) is 1. The first kappa shape index (κ1) is 19.2. The molecule has 0 spiro atoms. The Hall–Kier alpha value is -1.62. The van der Waals surface area contributed by atoms with E-state index in [0.717, 1.165) is 19.3 Å². The van der Waals surface area contributed by atoms with E-state index in [1.54, 1.807) is 7.05 Å². The average molecular weight is 419 g/mol. The van der Waals surface area contributed by atoms with Crippen molar-refractivity contribution in [3.05, 3.63) is 35.6 Å². The number of hydrogen-bond donors (Lipinski definition) is 1. The van der Waals surface area contributed by atoms with Gasteiger partial charge in [0.2, 0.25) is 10.0 Å². The lowest BCUT2D eigenvalue weighted by atomic mass is 10.2. The van der Waals surface area contributed by atoms with Crippen LogP contribution in [-0.4, -0.2) is 44.0 Å². The van der Waals surface area contributed by atoms with E-state index in [0.29, 0.717) is 13.1 Å². The molecule has 0 amide bonds. The topological polar surface area (TPSA) is 101 Å². The summed E-state index contributed by atoms with van der Waals surface area (Å²) in [6.45, 7) is 0.870. The highest BCUT2D eigenvalue weighted by atomic mass is 35.5. The molecule has 8 nitrogen and oxygen atoms in total. The fourth-order valence-electron chi connectivity index (χ4n) is 2.76. The second kappa shape index (κ2) is 7.18. The normalized spacial score (nSPS) is 16.5. The molecule has 1 aromatic carbocycles. The summed E-state index contributed by atoms with van der Waals surface area (Å²) in [5.74, 6) is 0. The Balaban J connectivity index is 1.93. The zero-order valence-electron chi connectivity index (χ0n) is 14.1. The summed E-state index contributed by atoms with van der Waals surface area (Å²) < 4.78 is 55.6. The fourth-order valence-corrected chi connectivity index (χ4v) is 5.81. The summed E-state index contributed by atoms with van der Waals surface area (Å²) >= 11 is 6.10. The molecule has 0 radical (unpaired) electrons. The molecule has 0 atom stereocenters. The minimum absolute atomic E-state index is 0.0182. The molecule has 1 aliphatic heterocycles. The number of hydrogen-bond acceptors (Lipinski definition) is 5. The van der Waals surface area contributed by atoms with Crippen LogP contribution in [0.4, 0.5) is 5.69 Å². The van der Waals surface area contributed by atoms with Gasteiger partial charge in [-0.3, -0.25) is 9.40 Å². The van der Waals surface area contributed by atoms with Crippen LogP contribution in [0.2, 0.25) is 5.02 Å². The van der Waals surface area contributed by atoms with E-state index in [1.165, 1.54) is 39.6 Å². The van der Waals surface area contributed by atoms with E-state index < -0.39 is 20.0 Å². The molecule has 11 heteroatoms. The molecule has 26 heavy (non-hydrogen) atoms. The van der Waals surface area contributed by atoms with Gasteiger partial charge >= 0.3 is 0 Å². The van der Waals surface area contributed by atoms with Gasteiger partial charge in [0.15, 0.2) is 0 Å². The van der Waals surface area contributed by atoms with Crippen LogP contribution in [0.15, 0.2) is 40.4 Å². The number of halogens is 1. The molecule has 0 unspecified atom stereocenters. The second-order valence-corrected chi connectivity index (χ2v) is 10.1. The largest absolute Gasteiger partial charge is 0.279 e. The van der Waals surface area contributed by atoms with Crippen LogP contribution < -0.4 is 4.72 Å². The van der Waals surface area contributed by atoms with Gasteiger partial charge in [-0.05, 0) is 31.0 Å². The molecular weight excluding hydrogens is 400 g/mol. The van der Waals surface area contributed by atoms with Crippen LogP contribution in [0.25, 0.3) is 0 Å². The third-order valence-electron chi connectivity index (χ3n) is 4.11. The third-order valence-corrected chi connectivity index (χ3v) is 7.82. The molecule has 0 aliphatic carbocycles. The minimum atomic E-state index is -3.88. The summed E-state index contributed by atoms with van der Waals surface area (Å²) in [6, 6.07) is 4.05. The minimum Gasteiger partial charge on any atom is -0.279 e. The van der Waals surface area contributed by atoms with Gasteiger partial charge in [-0.25, -0.2) is 16.8 Å². The smallest absolute Gasteiger partial charge is 0.265 e. The van der Waals surface area contributed by atoms with Crippen molar-refractivity contribution in [1.82, 2.24) is 14.1 Å². The Bertz CT molecular complexity index is 1010. The predicted molar refractivity (Wildman–Crippen MR) is 98.1 cm³/mol. The highest BCUT2D eigenvalue weighted by molar-refractivity contribution is 7.92. The molecule has 3 rings (SSSR count). The van der Waals surface area contributed by atoms with Gasteiger partial charge < -0.3 is 0 Å². The van der Waals surface area contributed by atoms with Crippen LogP contribution in [0.5, 0.6) is 0 Å². The summed E-state index contributed by atoms with van der Waals surface area (Å²) in [4.78, 5) is -0.122. The molecular formula is C15H19ClN4O4S2. The van der Waals surface area contributed by atoms with Crippen molar-refractivity contribution in [2.24, 2.45) is 7.05 Å². The van der Waals surface area contributed by atoms with Crippen molar-refractivity contribution in [1.29, 1.82) is 0 Å². The van der Waals surface area contributed by atoms with E-state index in [1.807, 2.05) is 0 Å². The van der Waals surface area contributed by atoms with Crippen molar-refractivity contribution >= 4 is 37.3 Å². The van der Waals surface area contributed by atoms with Crippen LogP contribution >= 0.6 is 11.6 Å². The monoisotopic (exact) mass is 418 g/mol. The van der Waals surface area contributed by atoms with Gasteiger partial charge in [0, 0.05) is 26.3 Å². The van der Waals surface area contributed by atoms with Crippen LogP contribution in [0, 0.1) is 0 Å². The Labute approximate surface area is 157 Å². The zero-order chi connectivity index (χ0) is 18.9. The Morgan fingerprint density at radius 3 is 2.42 bits per heavy atom. The average Bonchev–Trinajstić information content (AvgIpc) is 3.04. The van der Waals surface area contributed by atoms with Gasteiger partial charge in [0.1, 0.15) is 9.79 Å².